The Balaban J connectivity index is 0.000000845. The maximum Gasteiger partial charge on any atom is 0.284 e. The van der Waals surface area contributed by atoms with Gasteiger partial charge >= 0.3 is 0 Å². The van der Waals surface area contributed by atoms with Gasteiger partial charge in [0, 0.05) is 18.5 Å². The van der Waals surface area contributed by atoms with Gasteiger partial charge in [-0.05, 0) is 12.5 Å². The van der Waals surface area contributed by atoms with Crippen molar-refractivity contribution in [3.8, 4) is 0 Å². The number of rotatable bonds is 1. The SMILES string of the molecule is CC1=CN=CC1c1ccnc[nH+]1.[I-]. The van der Waals surface area contributed by atoms with Gasteiger partial charge in [-0.15, -0.1) is 0 Å². The van der Waals surface area contributed by atoms with Gasteiger partial charge in [0.2, 0.25) is 0 Å². The zero-order chi connectivity index (χ0) is 8.39. The molecule has 68 valence electrons. The monoisotopic (exact) mass is 287 g/mol. The zero-order valence-corrected chi connectivity index (χ0v) is 9.39. The highest BCUT2D eigenvalue weighted by Gasteiger charge is 2.17. The van der Waals surface area contributed by atoms with Crippen LogP contribution >= 0.6 is 0 Å². The van der Waals surface area contributed by atoms with Gasteiger partial charge in [0.15, 0.2) is 0 Å². The van der Waals surface area contributed by atoms with Gasteiger partial charge in [0.05, 0.1) is 5.92 Å². The summed E-state index contributed by atoms with van der Waals surface area (Å²) in [5, 5.41) is 0. The first-order valence-corrected chi connectivity index (χ1v) is 3.89. The Morgan fingerprint density at radius 2 is 2.31 bits per heavy atom. The van der Waals surface area contributed by atoms with E-state index in [2.05, 4.69) is 21.9 Å². The Hall–Kier alpha value is -0.780. The number of allylic oxidation sites excluding steroid dienone is 1. The summed E-state index contributed by atoms with van der Waals surface area (Å²) in [5.74, 6) is 0.313. The van der Waals surface area contributed by atoms with Crippen LogP contribution in [0, 0.1) is 0 Å². The third kappa shape index (κ3) is 2.12. The van der Waals surface area contributed by atoms with E-state index in [0.717, 1.165) is 5.69 Å². The van der Waals surface area contributed by atoms with Crippen LogP contribution < -0.4 is 29.0 Å². The Bertz CT molecular complexity index is 332. The molecule has 0 saturated heterocycles. The predicted octanol–water partition coefficient (Wildman–Crippen LogP) is -2.03. The molecule has 13 heavy (non-hydrogen) atoms. The zero-order valence-electron chi connectivity index (χ0n) is 7.24. The second-order valence-corrected chi connectivity index (χ2v) is 2.84. The predicted molar refractivity (Wildman–Crippen MR) is 45.8 cm³/mol. The maximum absolute atomic E-state index is 4.09. The van der Waals surface area contributed by atoms with Crippen molar-refractivity contribution in [2.24, 2.45) is 4.99 Å². The van der Waals surface area contributed by atoms with E-state index in [0.29, 0.717) is 5.92 Å². The van der Waals surface area contributed by atoms with Gasteiger partial charge in [0.25, 0.3) is 6.33 Å². The normalized spacial score (nSPS) is 19.5. The fourth-order valence-electron chi connectivity index (χ4n) is 1.29. The molecular weight excluding hydrogens is 277 g/mol. The molecule has 0 fully saturated rings. The lowest BCUT2D eigenvalue weighted by Gasteiger charge is -2.03. The molecule has 2 rings (SSSR count). The molecule has 1 aliphatic rings. The smallest absolute Gasteiger partial charge is 0.284 e. The lowest BCUT2D eigenvalue weighted by molar-refractivity contribution is -0.394. The summed E-state index contributed by atoms with van der Waals surface area (Å²) in [6.45, 7) is 2.08. The van der Waals surface area contributed by atoms with Gasteiger partial charge in [0.1, 0.15) is 11.9 Å². The number of aromatic amines is 1. The molecule has 4 heteroatoms. The fourth-order valence-corrected chi connectivity index (χ4v) is 1.29. The Labute approximate surface area is 94.0 Å². The first-order chi connectivity index (χ1) is 5.88. The Morgan fingerprint density at radius 3 is 2.85 bits per heavy atom. The van der Waals surface area contributed by atoms with E-state index in [1.54, 1.807) is 12.5 Å². The number of hydrogen-bond donors (Lipinski definition) is 0. The third-order valence-electron chi connectivity index (χ3n) is 1.98. The van der Waals surface area contributed by atoms with Crippen LogP contribution in [0.2, 0.25) is 0 Å². The van der Waals surface area contributed by atoms with E-state index in [1.807, 2.05) is 18.5 Å². The average molecular weight is 287 g/mol. The first kappa shape index (κ1) is 10.3. The van der Waals surface area contributed by atoms with E-state index in [9.17, 15) is 0 Å². The molecule has 1 atom stereocenters. The molecule has 2 heterocycles. The maximum atomic E-state index is 4.09. The molecule has 0 radical (unpaired) electrons. The summed E-state index contributed by atoms with van der Waals surface area (Å²) < 4.78 is 0. The van der Waals surface area contributed by atoms with Gasteiger partial charge in [-0.2, -0.15) is 0 Å². The van der Waals surface area contributed by atoms with Crippen LogP contribution in [0.3, 0.4) is 0 Å². The van der Waals surface area contributed by atoms with Crippen LogP contribution in [-0.4, -0.2) is 11.2 Å². The van der Waals surface area contributed by atoms with Crippen LogP contribution in [0.5, 0.6) is 0 Å². The van der Waals surface area contributed by atoms with Crippen LogP contribution in [0.15, 0.2) is 35.4 Å². The highest BCUT2D eigenvalue weighted by molar-refractivity contribution is 5.74. The highest BCUT2D eigenvalue weighted by Crippen LogP contribution is 2.21. The van der Waals surface area contributed by atoms with Crippen molar-refractivity contribution in [2.75, 3.05) is 0 Å². The van der Waals surface area contributed by atoms with Gasteiger partial charge in [-0.1, -0.05) is 4.98 Å². The molecule has 3 nitrogen and oxygen atoms in total. The summed E-state index contributed by atoms with van der Waals surface area (Å²) >= 11 is 0. The van der Waals surface area contributed by atoms with Crippen LogP contribution in [0.25, 0.3) is 0 Å². The molecule has 1 aromatic rings. The minimum atomic E-state index is 0. The molecule has 0 aliphatic carbocycles. The molecule has 1 unspecified atom stereocenters. The second-order valence-electron chi connectivity index (χ2n) is 2.84. The number of H-pyrrole nitrogens is 1. The van der Waals surface area contributed by atoms with Crippen molar-refractivity contribution >= 4 is 6.21 Å². The van der Waals surface area contributed by atoms with E-state index in [1.165, 1.54) is 5.57 Å². The van der Waals surface area contributed by atoms with Crippen LogP contribution in [0.4, 0.5) is 0 Å². The van der Waals surface area contributed by atoms with Gasteiger partial charge in [-0.3, -0.25) is 4.99 Å². The molecule has 1 N–H and O–H groups in total. The molecule has 1 aromatic heterocycles. The van der Waals surface area contributed by atoms with E-state index in [-0.39, 0.29) is 24.0 Å². The van der Waals surface area contributed by atoms with Crippen molar-refractivity contribution < 1.29 is 29.0 Å². The van der Waals surface area contributed by atoms with Crippen molar-refractivity contribution in [3.63, 3.8) is 0 Å². The number of hydrogen-bond acceptors (Lipinski definition) is 2. The third-order valence-corrected chi connectivity index (χ3v) is 1.98. The summed E-state index contributed by atoms with van der Waals surface area (Å²) in [4.78, 5) is 11.1. The van der Waals surface area contributed by atoms with E-state index < -0.39 is 0 Å². The molecule has 1 aliphatic heterocycles. The van der Waals surface area contributed by atoms with Crippen LogP contribution in [-0.2, 0) is 0 Å². The summed E-state index contributed by atoms with van der Waals surface area (Å²) in [6, 6.07) is 1.97. The van der Waals surface area contributed by atoms with Crippen LogP contribution in [0.1, 0.15) is 18.5 Å². The number of nitrogens with zero attached hydrogens (tertiary/aromatic N) is 2. The fraction of sp³-hybridized carbons (Fsp3) is 0.222. The summed E-state index contributed by atoms with van der Waals surface area (Å²) in [6.07, 6.45) is 7.29. The quantitative estimate of drug-likeness (QED) is 0.549. The van der Waals surface area contributed by atoms with Crippen molar-refractivity contribution in [3.05, 3.63) is 36.1 Å². The lowest BCUT2D eigenvalue weighted by Crippen LogP contribution is -3.00. The topological polar surface area (TPSA) is 39.4 Å². The standard InChI is InChI=1S/C9H9N3.HI/c1-7-4-11-5-8(7)9-2-3-10-6-12-9;/h2-6,8H,1H3;1H. The number of aromatic nitrogens is 2. The number of halogens is 1. The highest BCUT2D eigenvalue weighted by atomic mass is 127. The van der Waals surface area contributed by atoms with Crippen molar-refractivity contribution in [1.82, 2.24) is 4.98 Å². The second kappa shape index (κ2) is 4.45. The minimum absolute atomic E-state index is 0. The van der Waals surface area contributed by atoms with E-state index in [4.69, 9.17) is 0 Å². The first-order valence-electron chi connectivity index (χ1n) is 3.89. The average Bonchev–Trinajstić information content (AvgIpc) is 2.53. The minimum Gasteiger partial charge on any atom is -1.00 e. The lowest BCUT2D eigenvalue weighted by atomic mass is 10.0. The van der Waals surface area contributed by atoms with E-state index >= 15 is 0 Å². The Kier molecular flexibility index (Phi) is 3.53. The molecule has 0 bridgehead atoms. The van der Waals surface area contributed by atoms with Gasteiger partial charge < -0.3 is 24.0 Å². The van der Waals surface area contributed by atoms with Gasteiger partial charge in [-0.25, -0.2) is 4.98 Å². The molecular formula is C9H10IN3. The largest absolute Gasteiger partial charge is 1.00 e. The number of nitrogens with one attached hydrogen (secondary N) is 1. The molecule has 0 amide bonds. The number of aliphatic imine (C=N–C) groups is 1. The molecule has 0 spiro atoms. The van der Waals surface area contributed by atoms with Crippen molar-refractivity contribution in [2.45, 2.75) is 12.8 Å². The van der Waals surface area contributed by atoms with Crippen molar-refractivity contribution in [1.29, 1.82) is 0 Å². The summed E-state index contributed by atoms with van der Waals surface area (Å²) in [5.41, 5.74) is 2.40. The Morgan fingerprint density at radius 1 is 1.46 bits per heavy atom. The molecule has 0 saturated carbocycles. The summed E-state index contributed by atoms with van der Waals surface area (Å²) in [7, 11) is 0. The molecule has 0 aromatic carbocycles.